The van der Waals surface area contributed by atoms with Gasteiger partial charge in [0.1, 0.15) is 0 Å². The summed E-state index contributed by atoms with van der Waals surface area (Å²) in [4.78, 5) is 17.2. The number of benzene rings is 3. The lowest BCUT2D eigenvalue weighted by Gasteiger charge is -2.36. The summed E-state index contributed by atoms with van der Waals surface area (Å²) in [5.41, 5.74) is 2.38. The van der Waals surface area contributed by atoms with E-state index in [9.17, 15) is 4.79 Å². The summed E-state index contributed by atoms with van der Waals surface area (Å²) < 4.78 is 0. The van der Waals surface area contributed by atoms with Gasteiger partial charge in [0, 0.05) is 38.4 Å². The smallest absolute Gasteiger partial charge is 0.224 e. The molecule has 3 aromatic carbocycles. The molecule has 0 bridgehead atoms. The fourth-order valence-corrected chi connectivity index (χ4v) is 4.00. The van der Waals surface area contributed by atoms with Gasteiger partial charge in [0.2, 0.25) is 5.91 Å². The molecule has 3 aromatic rings. The first-order valence-electron chi connectivity index (χ1n) is 10.5. The Morgan fingerprint density at radius 2 is 1.55 bits per heavy atom. The van der Waals surface area contributed by atoms with Crippen molar-refractivity contribution in [3.05, 3.63) is 78.4 Å². The quantitative estimate of drug-likeness (QED) is 0.628. The zero-order chi connectivity index (χ0) is 19.9. The molecule has 1 aliphatic rings. The van der Waals surface area contributed by atoms with Crippen molar-refractivity contribution in [2.24, 2.45) is 0 Å². The second kappa shape index (κ2) is 9.57. The third kappa shape index (κ3) is 5.36. The minimum Gasteiger partial charge on any atom is -0.369 e. The number of hydrogen-bond acceptors (Lipinski definition) is 3. The fraction of sp³-hybridized carbons (Fsp3) is 0.320. The van der Waals surface area contributed by atoms with Gasteiger partial charge in [-0.1, -0.05) is 60.7 Å². The van der Waals surface area contributed by atoms with Crippen molar-refractivity contribution in [3.63, 3.8) is 0 Å². The van der Waals surface area contributed by atoms with Crippen LogP contribution in [-0.4, -0.2) is 50.1 Å². The van der Waals surface area contributed by atoms with Gasteiger partial charge in [-0.25, -0.2) is 0 Å². The highest BCUT2D eigenvalue weighted by molar-refractivity contribution is 5.85. The van der Waals surface area contributed by atoms with Crippen LogP contribution in [0.4, 0.5) is 5.69 Å². The lowest BCUT2D eigenvalue weighted by atomic mass is 10.0. The van der Waals surface area contributed by atoms with Crippen LogP contribution in [0.2, 0.25) is 0 Å². The lowest BCUT2D eigenvalue weighted by molar-refractivity contribution is -0.120. The Hall–Kier alpha value is -2.85. The molecule has 1 amide bonds. The normalized spacial score (nSPS) is 14.8. The number of nitrogens with zero attached hydrogens (tertiary/aromatic N) is 2. The van der Waals surface area contributed by atoms with E-state index in [1.165, 1.54) is 16.5 Å². The molecule has 0 saturated carbocycles. The molecule has 0 spiro atoms. The molecule has 0 aromatic heterocycles. The summed E-state index contributed by atoms with van der Waals surface area (Å²) in [6.45, 7) is 6.08. The van der Waals surface area contributed by atoms with Gasteiger partial charge >= 0.3 is 0 Å². The highest BCUT2D eigenvalue weighted by atomic mass is 16.1. The Morgan fingerprint density at radius 1 is 0.828 bits per heavy atom. The van der Waals surface area contributed by atoms with Crippen LogP contribution in [-0.2, 0) is 11.2 Å². The molecular formula is C25H29N3O. The number of hydrogen-bond donors (Lipinski definition) is 1. The Morgan fingerprint density at radius 3 is 2.34 bits per heavy atom. The summed E-state index contributed by atoms with van der Waals surface area (Å²) in [6.07, 6.45) is 1.44. The maximum absolute atomic E-state index is 12.3. The maximum Gasteiger partial charge on any atom is 0.224 e. The van der Waals surface area contributed by atoms with E-state index in [1.807, 2.05) is 18.2 Å². The molecule has 1 N–H and O–H groups in total. The van der Waals surface area contributed by atoms with Crippen LogP contribution in [0.15, 0.2) is 72.8 Å². The molecule has 0 radical (unpaired) electrons. The van der Waals surface area contributed by atoms with Crippen molar-refractivity contribution < 1.29 is 4.79 Å². The van der Waals surface area contributed by atoms with Crippen LogP contribution >= 0.6 is 0 Å². The van der Waals surface area contributed by atoms with E-state index in [-0.39, 0.29) is 5.91 Å². The topological polar surface area (TPSA) is 35.6 Å². The highest BCUT2D eigenvalue weighted by Gasteiger charge is 2.16. The molecular weight excluding hydrogens is 358 g/mol. The van der Waals surface area contributed by atoms with E-state index in [0.717, 1.165) is 51.3 Å². The second-order valence-corrected chi connectivity index (χ2v) is 7.73. The molecule has 4 heteroatoms. The fourth-order valence-electron chi connectivity index (χ4n) is 4.00. The third-order valence-electron chi connectivity index (χ3n) is 5.65. The first kappa shape index (κ1) is 19.5. The van der Waals surface area contributed by atoms with Gasteiger partial charge in [0.15, 0.2) is 0 Å². The first-order valence-corrected chi connectivity index (χ1v) is 10.5. The molecule has 150 valence electrons. The standard InChI is InChI=1S/C25H29N3O/c29-25(20-21-11-12-22-7-4-5-8-23(22)19-21)26-13-6-14-27-15-17-28(18-16-27)24-9-2-1-3-10-24/h1-5,7-12,19H,6,13-18,20H2,(H,26,29). The van der Waals surface area contributed by atoms with Crippen molar-refractivity contribution in [1.82, 2.24) is 10.2 Å². The summed E-state index contributed by atoms with van der Waals surface area (Å²) in [5.74, 6) is 0.106. The molecule has 1 aliphatic heterocycles. The average Bonchev–Trinajstić information content (AvgIpc) is 2.78. The summed E-state index contributed by atoms with van der Waals surface area (Å²) in [7, 11) is 0. The lowest BCUT2D eigenvalue weighted by Crippen LogP contribution is -2.47. The van der Waals surface area contributed by atoms with E-state index < -0.39 is 0 Å². The largest absolute Gasteiger partial charge is 0.369 e. The molecule has 1 fully saturated rings. The van der Waals surface area contributed by atoms with Crippen molar-refractivity contribution in [1.29, 1.82) is 0 Å². The monoisotopic (exact) mass is 387 g/mol. The van der Waals surface area contributed by atoms with Gasteiger partial charge in [-0.2, -0.15) is 0 Å². The molecule has 1 heterocycles. The van der Waals surface area contributed by atoms with Crippen LogP contribution in [0.25, 0.3) is 10.8 Å². The predicted molar refractivity (Wildman–Crippen MR) is 120 cm³/mol. The van der Waals surface area contributed by atoms with Crippen LogP contribution in [0.1, 0.15) is 12.0 Å². The van der Waals surface area contributed by atoms with E-state index in [0.29, 0.717) is 6.42 Å². The SMILES string of the molecule is O=C(Cc1ccc2ccccc2c1)NCCCN1CCN(c2ccccc2)CC1. The highest BCUT2D eigenvalue weighted by Crippen LogP contribution is 2.16. The number of anilines is 1. The van der Waals surface area contributed by atoms with Gasteiger partial charge in [-0.3, -0.25) is 9.69 Å². The summed E-state index contributed by atoms with van der Waals surface area (Å²) >= 11 is 0. The zero-order valence-corrected chi connectivity index (χ0v) is 16.9. The predicted octanol–water partition coefficient (Wildman–Crippen LogP) is 3.71. The first-order chi connectivity index (χ1) is 14.3. The number of carbonyl (C=O) groups excluding carboxylic acids is 1. The second-order valence-electron chi connectivity index (χ2n) is 7.73. The van der Waals surface area contributed by atoms with E-state index in [1.54, 1.807) is 0 Å². The van der Waals surface area contributed by atoms with Crippen molar-refractivity contribution in [2.45, 2.75) is 12.8 Å². The Kier molecular flexibility index (Phi) is 6.42. The van der Waals surface area contributed by atoms with Crippen LogP contribution < -0.4 is 10.2 Å². The minimum absolute atomic E-state index is 0.106. The van der Waals surface area contributed by atoms with E-state index in [4.69, 9.17) is 0 Å². The van der Waals surface area contributed by atoms with Gasteiger partial charge in [-0.15, -0.1) is 0 Å². The van der Waals surface area contributed by atoms with Crippen LogP contribution in [0, 0.1) is 0 Å². The minimum atomic E-state index is 0.106. The van der Waals surface area contributed by atoms with Gasteiger partial charge in [-0.05, 0) is 41.4 Å². The van der Waals surface area contributed by atoms with Crippen molar-refractivity contribution >= 4 is 22.4 Å². The Labute approximate surface area is 173 Å². The number of fused-ring (bicyclic) bond motifs is 1. The molecule has 29 heavy (non-hydrogen) atoms. The number of piperazine rings is 1. The molecule has 4 nitrogen and oxygen atoms in total. The van der Waals surface area contributed by atoms with Crippen molar-refractivity contribution in [3.8, 4) is 0 Å². The third-order valence-corrected chi connectivity index (χ3v) is 5.65. The number of rotatable bonds is 7. The van der Waals surface area contributed by atoms with Gasteiger partial charge in [0.25, 0.3) is 0 Å². The van der Waals surface area contributed by atoms with E-state index >= 15 is 0 Å². The molecule has 0 atom stereocenters. The maximum atomic E-state index is 12.3. The summed E-state index contributed by atoms with van der Waals surface area (Å²) in [5, 5.41) is 5.48. The van der Waals surface area contributed by atoms with Crippen molar-refractivity contribution in [2.75, 3.05) is 44.2 Å². The van der Waals surface area contributed by atoms with Crippen LogP contribution in [0.5, 0.6) is 0 Å². The Bertz CT molecular complexity index is 933. The number of nitrogens with one attached hydrogen (secondary N) is 1. The van der Waals surface area contributed by atoms with Crippen LogP contribution in [0.3, 0.4) is 0 Å². The number of amides is 1. The molecule has 1 saturated heterocycles. The Balaban J connectivity index is 1.15. The average molecular weight is 388 g/mol. The summed E-state index contributed by atoms with van der Waals surface area (Å²) in [6, 6.07) is 25.1. The molecule has 0 aliphatic carbocycles. The zero-order valence-electron chi connectivity index (χ0n) is 16.9. The number of carbonyl (C=O) groups is 1. The molecule has 4 rings (SSSR count). The molecule has 0 unspecified atom stereocenters. The van der Waals surface area contributed by atoms with E-state index in [2.05, 4.69) is 69.7 Å². The van der Waals surface area contributed by atoms with Gasteiger partial charge in [0.05, 0.1) is 6.42 Å². The number of para-hydroxylation sites is 1. The van der Waals surface area contributed by atoms with Gasteiger partial charge < -0.3 is 10.2 Å².